The fraction of sp³-hybridized carbons (Fsp3) is 0.704. The lowest BCUT2D eigenvalue weighted by atomic mass is 9.59. The number of rotatable bonds is 4. The maximum Gasteiger partial charge on any atom is 0.410 e. The lowest BCUT2D eigenvalue weighted by Crippen LogP contribution is -2.62. The summed E-state index contributed by atoms with van der Waals surface area (Å²) in [4.78, 5) is 29.7. The van der Waals surface area contributed by atoms with Gasteiger partial charge in [-0.25, -0.2) is 13.2 Å². The summed E-state index contributed by atoms with van der Waals surface area (Å²) < 4.78 is 31.7. The van der Waals surface area contributed by atoms with Crippen LogP contribution in [0.1, 0.15) is 83.4 Å². The molecule has 2 heterocycles. The van der Waals surface area contributed by atoms with Crippen molar-refractivity contribution in [3.63, 3.8) is 0 Å². The average molecular weight is 520 g/mol. The summed E-state index contributed by atoms with van der Waals surface area (Å²) in [6.45, 7) is 11.4. The molecule has 1 unspecified atom stereocenters. The number of likely N-dealkylation sites (tertiary alicyclic amines) is 1. The SMILES string of the molecule is CC(C)c1ccccc1C1CN(S(C)(=O)=O)CC(=O)N1C1CC2(CCN(C(=O)OC(C)(C)C)CC2)C1. The van der Waals surface area contributed by atoms with E-state index < -0.39 is 15.6 Å². The molecule has 8 nitrogen and oxygen atoms in total. The van der Waals surface area contributed by atoms with Crippen LogP contribution in [0.2, 0.25) is 0 Å². The van der Waals surface area contributed by atoms with E-state index >= 15 is 0 Å². The van der Waals surface area contributed by atoms with Crippen molar-refractivity contribution in [2.45, 2.75) is 83.9 Å². The Balaban J connectivity index is 1.50. The molecule has 0 N–H and O–H groups in total. The maximum atomic E-state index is 13.4. The van der Waals surface area contributed by atoms with Crippen molar-refractivity contribution in [2.75, 3.05) is 32.4 Å². The smallest absolute Gasteiger partial charge is 0.410 e. The second kappa shape index (κ2) is 9.63. The minimum Gasteiger partial charge on any atom is -0.444 e. The molecule has 0 bridgehead atoms. The first kappa shape index (κ1) is 26.9. The van der Waals surface area contributed by atoms with Gasteiger partial charge in [0.1, 0.15) is 5.60 Å². The first-order valence-corrected chi connectivity index (χ1v) is 14.9. The monoisotopic (exact) mass is 519 g/mol. The number of nitrogens with zero attached hydrogens (tertiary/aromatic N) is 3. The summed E-state index contributed by atoms with van der Waals surface area (Å²) in [7, 11) is -3.49. The van der Waals surface area contributed by atoms with Crippen molar-refractivity contribution in [1.82, 2.24) is 14.1 Å². The van der Waals surface area contributed by atoms with Crippen molar-refractivity contribution in [3.05, 3.63) is 35.4 Å². The Hall–Kier alpha value is -2.13. The van der Waals surface area contributed by atoms with Gasteiger partial charge in [-0.3, -0.25) is 4.79 Å². The fourth-order valence-electron chi connectivity index (χ4n) is 6.09. The summed E-state index contributed by atoms with van der Waals surface area (Å²) in [5, 5.41) is 0. The van der Waals surface area contributed by atoms with Crippen LogP contribution in [0.25, 0.3) is 0 Å². The number of sulfonamides is 1. The summed E-state index contributed by atoms with van der Waals surface area (Å²) in [5.41, 5.74) is 1.80. The Morgan fingerprint density at radius 3 is 2.28 bits per heavy atom. The van der Waals surface area contributed by atoms with Crippen LogP contribution in [-0.2, 0) is 19.6 Å². The third-order valence-corrected chi connectivity index (χ3v) is 9.18. The van der Waals surface area contributed by atoms with E-state index in [1.807, 2.05) is 43.9 Å². The second-order valence-corrected chi connectivity index (χ2v) is 14.2. The molecule has 3 aliphatic rings. The first-order valence-electron chi connectivity index (χ1n) is 13.0. The molecular formula is C27H41N3O5S. The van der Waals surface area contributed by atoms with E-state index in [1.54, 1.807) is 4.90 Å². The van der Waals surface area contributed by atoms with Gasteiger partial charge in [-0.15, -0.1) is 0 Å². The highest BCUT2D eigenvalue weighted by Crippen LogP contribution is 2.53. The van der Waals surface area contributed by atoms with Crippen molar-refractivity contribution < 1.29 is 22.7 Å². The Labute approximate surface area is 216 Å². The zero-order chi connectivity index (χ0) is 26.5. The third-order valence-electron chi connectivity index (χ3n) is 7.96. The van der Waals surface area contributed by atoms with Crippen molar-refractivity contribution >= 4 is 22.0 Å². The number of ether oxygens (including phenoxy) is 1. The molecule has 1 aromatic rings. The molecule has 2 aliphatic heterocycles. The van der Waals surface area contributed by atoms with Crippen molar-refractivity contribution in [3.8, 4) is 0 Å². The van der Waals surface area contributed by atoms with Crippen molar-refractivity contribution in [2.24, 2.45) is 5.41 Å². The number of hydrogen-bond acceptors (Lipinski definition) is 5. The minimum absolute atomic E-state index is 0.0810. The summed E-state index contributed by atoms with van der Waals surface area (Å²) in [5.74, 6) is 0.137. The van der Waals surface area contributed by atoms with Crippen LogP contribution < -0.4 is 0 Å². The molecule has 2 saturated heterocycles. The Morgan fingerprint density at radius 2 is 1.72 bits per heavy atom. The molecule has 1 aromatic carbocycles. The van der Waals surface area contributed by atoms with Gasteiger partial charge in [-0.05, 0) is 68.9 Å². The van der Waals surface area contributed by atoms with Gasteiger partial charge in [0, 0.05) is 25.7 Å². The molecule has 0 aromatic heterocycles. The van der Waals surface area contributed by atoms with Gasteiger partial charge in [0.2, 0.25) is 15.9 Å². The molecule has 3 fully saturated rings. The van der Waals surface area contributed by atoms with Crippen LogP contribution in [-0.4, -0.2) is 78.6 Å². The van der Waals surface area contributed by atoms with Crippen LogP contribution >= 0.6 is 0 Å². The van der Waals surface area contributed by atoms with Gasteiger partial charge in [-0.2, -0.15) is 4.31 Å². The van der Waals surface area contributed by atoms with Gasteiger partial charge < -0.3 is 14.5 Å². The van der Waals surface area contributed by atoms with E-state index in [0.717, 1.165) is 36.8 Å². The van der Waals surface area contributed by atoms with Gasteiger partial charge in [-0.1, -0.05) is 38.1 Å². The summed E-state index contributed by atoms with van der Waals surface area (Å²) in [6.07, 6.45) is 4.49. The van der Waals surface area contributed by atoms with Crippen LogP contribution in [0, 0.1) is 5.41 Å². The fourth-order valence-corrected chi connectivity index (χ4v) is 6.84. The number of piperidine rings is 1. The molecule has 1 spiro atoms. The van der Waals surface area contributed by atoms with Gasteiger partial charge in [0.15, 0.2) is 0 Å². The Morgan fingerprint density at radius 1 is 1.11 bits per heavy atom. The van der Waals surface area contributed by atoms with E-state index in [0.29, 0.717) is 13.1 Å². The topological polar surface area (TPSA) is 87.2 Å². The van der Waals surface area contributed by atoms with Crippen LogP contribution in [0.4, 0.5) is 4.79 Å². The van der Waals surface area contributed by atoms with E-state index in [1.165, 1.54) is 10.6 Å². The number of benzene rings is 1. The quantitative estimate of drug-likeness (QED) is 0.597. The molecule has 4 rings (SSSR count). The normalized spacial score (nSPS) is 23.8. The Kier molecular flexibility index (Phi) is 7.20. The molecule has 36 heavy (non-hydrogen) atoms. The molecule has 0 radical (unpaired) electrons. The lowest BCUT2D eigenvalue weighted by Gasteiger charge is -2.57. The first-order chi connectivity index (χ1) is 16.7. The number of piperazine rings is 1. The molecule has 1 aliphatic carbocycles. The predicted octanol–water partition coefficient (Wildman–Crippen LogP) is 4.13. The molecule has 1 saturated carbocycles. The molecule has 1 atom stereocenters. The standard InChI is InChI=1S/C27H41N3O5S/c1-19(2)21-9-7-8-10-22(21)23-17-29(36(6,33)34)18-24(31)30(23)20-15-27(16-20)11-13-28(14-12-27)25(32)35-26(3,4)5/h7-10,19-20,23H,11-18H2,1-6H3. The number of amides is 2. The molecule has 2 amide bonds. The summed E-state index contributed by atoms with van der Waals surface area (Å²) >= 11 is 0. The zero-order valence-electron chi connectivity index (χ0n) is 22.5. The number of carbonyl (C=O) groups excluding carboxylic acids is 2. The van der Waals surface area contributed by atoms with Gasteiger partial charge >= 0.3 is 6.09 Å². The van der Waals surface area contributed by atoms with E-state index in [-0.39, 0.29) is 48.5 Å². The molecular weight excluding hydrogens is 478 g/mol. The van der Waals surface area contributed by atoms with Gasteiger partial charge in [0.25, 0.3) is 0 Å². The highest BCUT2D eigenvalue weighted by molar-refractivity contribution is 7.88. The minimum atomic E-state index is -3.49. The van der Waals surface area contributed by atoms with E-state index in [2.05, 4.69) is 19.9 Å². The maximum absolute atomic E-state index is 13.4. The van der Waals surface area contributed by atoms with Gasteiger partial charge in [0.05, 0.1) is 18.8 Å². The largest absolute Gasteiger partial charge is 0.444 e. The molecule has 200 valence electrons. The summed E-state index contributed by atoms with van der Waals surface area (Å²) in [6, 6.07) is 7.87. The highest BCUT2D eigenvalue weighted by atomic mass is 32.2. The number of hydrogen-bond donors (Lipinski definition) is 0. The number of carbonyl (C=O) groups is 2. The van der Waals surface area contributed by atoms with Crippen LogP contribution in [0.15, 0.2) is 24.3 Å². The van der Waals surface area contributed by atoms with Crippen LogP contribution in [0.3, 0.4) is 0 Å². The van der Waals surface area contributed by atoms with E-state index in [9.17, 15) is 18.0 Å². The van der Waals surface area contributed by atoms with Crippen LogP contribution in [0.5, 0.6) is 0 Å². The Bertz CT molecular complexity index is 1090. The molecule has 9 heteroatoms. The predicted molar refractivity (Wildman–Crippen MR) is 139 cm³/mol. The van der Waals surface area contributed by atoms with Crippen molar-refractivity contribution in [1.29, 1.82) is 0 Å². The second-order valence-electron chi connectivity index (χ2n) is 12.2. The highest BCUT2D eigenvalue weighted by Gasteiger charge is 2.52. The lowest BCUT2D eigenvalue weighted by molar-refractivity contribution is -0.150. The average Bonchev–Trinajstić information content (AvgIpc) is 2.75. The zero-order valence-corrected chi connectivity index (χ0v) is 23.3. The van der Waals surface area contributed by atoms with E-state index in [4.69, 9.17) is 4.74 Å². The third kappa shape index (κ3) is 5.57.